The van der Waals surface area contributed by atoms with E-state index in [0.29, 0.717) is 45.8 Å². The SMILES string of the molecule is CC(C)(C)OC(=O)CCN1CCOC(c2ccc(Oc3c(F)cccc3C(F)(F)F)cc2)C1.CC(C)(C)OC(=O)CCN1CCOC(c2ccc(Oc3cccc4ccccc34)cc2)C1. The molecule has 2 aliphatic heterocycles. The lowest BCUT2D eigenvalue weighted by molar-refractivity contribution is -0.156. The van der Waals surface area contributed by atoms with Crippen LogP contribution in [0.1, 0.15) is 83.3 Å². The fourth-order valence-electron chi connectivity index (χ4n) is 7.36. The van der Waals surface area contributed by atoms with Gasteiger partial charge in [-0.1, -0.05) is 66.7 Å². The number of ether oxygens (including phenoxy) is 6. The number of carbonyl (C=O) groups excluding carboxylic acids is 2. The lowest BCUT2D eigenvalue weighted by atomic mass is 10.1. The van der Waals surface area contributed by atoms with E-state index >= 15 is 0 Å². The molecule has 14 heteroatoms. The summed E-state index contributed by atoms with van der Waals surface area (Å²) < 4.78 is 87.5. The smallest absolute Gasteiger partial charge is 0.420 e. The highest BCUT2D eigenvalue weighted by Crippen LogP contribution is 2.40. The van der Waals surface area contributed by atoms with Gasteiger partial charge < -0.3 is 28.4 Å². The van der Waals surface area contributed by atoms with Gasteiger partial charge in [0, 0.05) is 44.7 Å². The highest BCUT2D eigenvalue weighted by molar-refractivity contribution is 5.88. The number of esters is 2. The minimum Gasteiger partial charge on any atom is -0.460 e. The first-order valence-corrected chi connectivity index (χ1v) is 21.8. The lowest BCUT2D eigenvalue weighted by Gasteiger charge is -2.33. The number of alkyl halides is 3. The van der Waals surface area contributed by atoms with Crippen LogP contribution < -0.4 is 9.47 Å². The highest BCUT2D eigenvalue weighted by Gasteiger charge is 2.36. The molecule has 2 unspecified atom stereocenters. The predicted octanol–water partition coefficient (Wildman–Crippen LogP) is 11.5. The zero-order valence-corrected chi connectivity index (χ0v) is 37.8. The second-order valence-corrected chi connectivity index (χ2v) is 17.9. The van der Waals surface area contributed by atoms with E-state index in [1.54, 1.807) is 12.1 Å². The van der Waals surface area contributed by atoms with Crippen LogP contribution in [0.4, 0.5) is 17.6 Å². The number of nitrogens with zero attached hydrogens (tertiary/aromatic N) is 2. The van der Waals surface area contributed by atoms with E-state index in [0.717, 1.165) is 64.7 Å². The van der Waals surface area contributed by atoms with Gasteiger partial charge in [0.05, 0.1) is 38.3 Å². The monoisotopic (exact) mass is 902 g/mol. The van der Waals surface area contributed by atoms with Crippen LogP contribution in [0.5, 0.6) is 23.0 Å². The molecule has 0 bridgehead atoms. The molecule has 0 spiro atoms. The maximum atomic E-state index is 14.0. The minimum absolute atomic E-state index is 0.0195. The molecular formula is C51H58F4N2O8. The van der Waals surface area contributed by atoms with Crippen LogP contribution in [-0.2, 0) is 34.7 Å². The standard InChI is InChI=1S/C27H31NO4.C24H27F4NO4/c1-27(2,3)32-26(29)15-16-28-17-18-30-25(19-28)21-11-13-22(14-12-21)31-24-10-6-8-20-7-4-5-9-23(20)24;1-23(2,3)33-21(30)11-12-29-13-14-31-20(15-29)16-7-9-17(10-8-16)32-22-18(24(26,27)28)5-4-6-19(22)25/h4-14,25H,15-19H2,1-3H3;4-10,20H,11-15H2,1-3H3. The van der Waals surface area contributed by atoms with Gasteiger partial charge in [0.25, 0.3) is 0 Å². The molecule has 0 N–H and O–H groups in total. The molecule has 10 nitrogen and oxygen atoms in total. The van der Waals surface area contributed by atoms with Crippen molar-refractivity contribution >= 4 is 22.7 Å². The van der Waals surface area contributed by atoms with Crippen molar-refractivity contribution in [3.05, 3.63) is 132 Å². The second-order valence-electron chi connectivity index (χ2n) is 17.9. The summed E-state index contributed by atoms with van der Waals surface area (Å²) >= 11 is 0. The van der Waals surface area contributed by atoms with Gasteiger partial charge in [-0.25, -0.2) is 4.39 Å². The molecule has 2 saturated heterocycles. The van der Waals surface area contributed by atoms with Crippen molar-refractivity contribution in [2.24, 2.45) is 0 Å². The van der Waals surface area contributed by atoms with Crippen LogP contribution in [0.25, 0.3) is 10.8 Å². The third-order valence-corrected chi connectivity index (χ3v) is 10.4. The zero-order valence-electron chi connectivity index (χ0n) is 37.8. The van der Waals surface area contributed by atoms with E-state index in [9.17, 15) is 27.2 Å². The number of fused-ring (bicyclic) bond motifs is 1. The lowest BCUT2D eigenvalue weighted by Crippen LogP contribution is -2.39. The second kappa shape index (κ2) is 21.6. The Balaban J connectivity index is 0.000000215. The molecular weight excluding hydrogens is 845 g/mol. The van der Waals surface area contributed by atoms with Crippen LogP contribution in [0.15, 0.2) is 109 Å². The molecule has 5 aromatic rings. The molecule has 65 heavy (non-hydrogen) atoms. The topological polar surface area (TPSA) is 96.0 Å². The van der Waals surface area contributed by atoms with E-state index < -0.39 is 34.5 Å². The van der Waals surface area contributed by atoms with Crippen LogP contribution >= 0.6 is 0 Å². The molecule has 2 aliphatic rings. The van der Waals surface area contributed by atoms with Crippen molar-refractivity contribution in [3.63, 3.8) is 0 Å². The third kappa shape index (κ3) is 15.0. The zero-order chi connectivity index (χ0) is 46.8. The number of para-hydroxylation sites is 1. The largest absolute Gasteiger partial charge is 0.460 e. The number of rotatable bonds is 12. The van der Waals surface area contributed by atoms with Gasteiger partial charge in [-0.05, 0) is 101 Å². The molecule has 0 amide bonds. The van der Waals surface area contributed by atoms with Gasteiger partial charge in [-0.2, -0.15) is 13.2 Å². The number of morpholine rings is 2. The number of benzene rings is 5. The number of carbonyl (C=O) groups is 2. The summed E-state index contributed by atoms with van der Waals surface area (Å²) in [4.78, 5) is 28.3. The first kappa shape index (κ1) is 48.9. The summed E-state index contributed by atoms with van der Waals surface area (Å²) in [5, 5.41) is 2.25. The third-order valence-electron chi connectivity index (χ3n) is 10.4. The average molecular weight is 903 g/mol. The molecule has 5 aromatic carbocycles. The Kier molecular flexibility index (Phi) is 16.3. The Morgan fingerprint density at radius 3 is 1.60 bits per heavy atom. The van der Waals surface area contributed by atoms with Crippen molar-refractivity contribution in [3.8, 4) is 23.0 Å². The Morgan fingerprint density at radius 1 is 0.615 bits per heavy atom. The predicted molar refractivity (Wildman–Crippen MR) is 240 cm³/mol. The van der Waals surface area contributed by atoms with Crippen LogP contribution in [0.3, 0.4) is 0 Å². The number of hydrogen-bond donors (Lipinski definition) is 0. The van der Waals surface area contributed by atoms with Crippen molar-refractivity contribution in [2.75, 3.05) is 52.5 Å². The van der Waals surface area contributed by atoms with Crippen molar-refractivity contribution < 1.29 is 55.6 Å². The summed E-state index contributed by atoms with van der Waals surface area (Å²) in [5.74, 6) is -0.660. The van der Waals surface area contributed by atoms with Gasteiger partial charge in [0.15, 0.2) is 11.6 Å². The summed E-state index contributed by atoms with van der Waals surface area (Å²) in [6, 6.07) is 31.4. The fourth-order valence-corrected chi connectivity index (χ4v) is 7.36. The maximum absolute atomic E-state index is 14.0. The normalized spacial score (nSPS) is 17.4. The van der Waals surface area contributed by atoms with Crippen molar-refractivity contribution in [2.45, 2.75) is 84.0 Å². The van der Waals surface area contributed by atoms with Crippen molar-refractivity contribution in [1.29, 1.82) is 0 Å². The number of hydrogen-bond acceptors (Lipinski definition) is 10. The fraction of sp³-hybridized carbons (Fsp3) is 0.412. The molecule has 2 atom stereocenters. The van der Waals surface area contributed by atoms with Crippen molar-refractivity contribution in [1.82, 2.24) is 9.80 Å². The summed E-state index contributed by atoms with van der Waals surface area (Å²) in [5.41, 5.74) is -0.243. The summed E-state index contributed by atoms with van der Waals surface area (Å²) in [7, 11) is 0. The first-order valence-electron chi connectivity index (χ1n) is 21.8. The van der Waals surface area contributed by atoms with Gasteiger partial charge in [-0.15, -0.1) is 0 Å². The number of halogens is 4. The maximum Gasteiger partial charge on any atom is 0.420 e. The van der Waals surface area contributed by atoms with E-state index in [1.807, 2.05) is 77.9 Å². The highest BCUT2D eigenvalue weighted by atomic mass is 19.4. The molecule has 348 valence electrons. The molecule has 2 fully saturated rings. The van der Waals surface area contributed by atoms with Gasteiger partial charge in [-0.3, -0.25) is 19.4 Å². The first-order chi connectivity index (χ1) is 30.8. The van der Waals surface area contributed by atoms with Gasteiger partial charge >= 0.3 is 18.1 Å². The molecule has 7 rings (SSSR count). The van der Waals surface area contributed by atoms with Gasteiger partial charge in [0.1, 0.15) is 34.0 Å². The molecule has 0 radical (unpaired) electrons. The Hall–Kier alpha value is -5.54. The van der Waals surface area contributed by atoms with Gasteiger partial charge in [0.2, 0.25) is 0 Å². The van der Waals surface area contributed by atoms with Crippen LogP contribution in [0, 0.1) is 5.82 Å². The summed E-state index contributed by atoms with van der Waals surface area (Å²) in [6.07, 6.45) is -4.38. The molecule has 0 aliphatic carbocycles. The average Bonchev–Trinajstić information content (AvgIpc) is 3.25. The van der Waals surface area contributed by atoms with E-state index in [1.165, 1.54) is 12.1 Å². The molecule has 0 aromatic heterocycles. The van der Waals surface area contributed by atoms with E-state index in [2.05, 4.69) is 40.1 Å². The Bertz CT molecular complexity index is 2340. The molecule has 0 saturated carbocycles. The van der Waals surface area contributed by atoms with Crippen LogP contribution in [0.2, 0.25) is 0 Å². The van der Waals surface area contributed by atoms with E-state index in [4.69, 9.17) is 28.4 Å². The minimum atomic E-state index is -4.74. The van der Waals surface area contributed by atoms with Crippen LogP contribution in [-0.4, -0.2) is 85.4 Å². The quantitative estimate of drug-likeness (QED) is 0.0889. The molecule has 2 heterocycles. The Labute approximate surface area is 378 Å². The Morgan fingerprint density at radius 2 is 1.09 bits per heavy atom. The summed E-state index contributed by atoms with van der Waals surface area (Å²) in [6.45, 7) is 16.3. The van der Waals surface area contributed by atoms with E-state index in [-0.39, 0.29) is 36.3 Å².